The lowest BCUT2D eigenvalue weighted by Crippen LogP contribution is -2.47. The van der Waals surface area contributed by atoms with Gasteiger partial charge in [0.25, 0.3) is 21.8 Å². The largest absolute Gasteiger partial charge is 0.466 e. The second-order valence-corrected chi connectivity index (χ2v) is 8.69. The van der Waals surface area contributed by atoms with Crippen LogP contribution in [0.1, 0.15) is 41.3 Å². The molecule has 2 aromatic rings. The monoisotopic (exact) mass is 418 g/mol. The third-order valence-electron chi connectivity index (χ3n) is 4.42. The number of amidine groups is 1. The lowest BCUT2D eigenvalue weighted by molar-refractivity contribution is -0.123. The van der Waals surface area contributed by atoms with Crippen LogP contribution >= 0.6 is 0 Å². The van der Waals surface area contributed by atoms with Gasteiger partial charge in [0.15, 0.2) is 0 Å². The summed E-state index contributed by atoms with van der Waals surface area (Å²) < 4.78 is 32.2. The molecule has 1 atom stereocenters. The zero-order chi connectivity index (χ0) is 21.3. The number of benzene rings is 1. The molecule has 10 heteroatoms. The number of carbonyl (C=O) groups excluding carboxylic acids is 2. The van der Waals surface area contributed by atoms with Gasteiger partial charge in [0.05, 0.1) is 10.5 Å². The molecular weight excluding hydrogens is 396 g/mol. The molecule has 29 heavy (non-hydrogen) atoms. The number of hydrazine groups is 1. The molecule has 1 aliphatic rings. The molecule has 0 fully saturated rings. The van der Waals surface area contributed by atoms with E-state index in [1.807, 2.05) is 0 Å². The van der Waals surface area contributed by atoms with Gasteiger partial charge >= 0.3 is 0 Å². The van der Waals surface area contributed by atoms with Gasteiger partial charge in [-0.15, -0.1) is 0 Å². The highest BCUT2D eigenvalue weighted by atomic mass is 32.2. The Morgan fingerprint density at radius 1 is 1.14 bits per heavy atom. The Morgan fingerprint density at radius 2 is 1.83 bits per heavy atom. The van der Waals surface area contributed by atoms with Gasteiger partial charge in [0.2, 0.25) is 0 Å². The molecule has 0 unspecified atom stereocenters. The number of hydrogen-bond acceptors (Lipinski definition) is 6. The van der Waals surface area contributed by atoms with Gasteiger partial charge in [-0.05, 0) is 38.0 Å². The standard InChI is InChI=1S/C19H22N4O5S/c1-10(2)16(19(25)22-21-18(24)14-9-11(3)28-12(14)4)20-17-13-7-5-6-8-15(13)29(26,27)23-17/h5-10,16H,1-4H3,(H,20,23)(H,21,24)(H,22,25)/t16-/m0/s1. The minimum atomic E-state index is -3.71. The summed E-state index contributed by atoms with van der Waals surface area (Å²) >= 11 is 0. The molecule has 0 saturated carbocycles. The third-order valence-corrected chi connectivity index (χ3v) is 5.81. The maximum atomic E-state index is 12.6. The van der Waals surface area contributed by atoms with Crippen LogP contribution in [0, 0.1) is 19.8 Å². The van der Waals surface area contributed by atoms with Gasteiger partial charge in [-0.25, -0.2) is 8.42 Å². The summed E-state index contributed by atoms with van der Waals surface area (Å²) in [6, 6.07) is 7.04. The van der Waals surface area contributed by atoms with E-state index in [4.69, 9.17) is 4.42 Å². The summed E-state index contributed by atoms with van der Waals surface area (Å²) in [6.07, 6.45) is 0. The first-order valence-electron chi connectivity index (χ1n) is 8.97. The lowest BCUT2D eigenvalue weighted by atomic mass is 10.0. The van der Waals surface area contributed by atoms with Crippen molar-refractivity contribution in [1.29, 1.82) is 0 Å². The number of furan rings is 1. The van der Waals surface area contributed by atoms with Crippen LogP contribution < -0.4 is 15.6 Å². The molecule has 9 nitrogen and oxygen atoms in total. The summed E-state index contributed by atoms with van der Waals surface area (Å²) in [5.41, 5.74) is 5.41. The number of amides is 2. The quantitative estimate of drug-likeness (QED) is 0.647. The van der Waals surface area contributed by atoms with E-state index in [0.29, 0.717) is 22.6 Å². The fourth-order valence-electron chi connectivity index (χ4n) is 3.00. The van der Waals surface area contributed by atoms with E-state index < -0.39 is 27.9 Å². The minimum absolute atomic E-state index is 0.0991. The van der Waals surface area contributed by atoms with Gasteiger partial charge in [0.1, 0.15) is 23.4 Å². The molecule has 2 amide bonds. The zero-order valence-electron chi connectivity index (χ0n) is 16.4. The summed E-state index contributed by atoms with van der Waals surface area (Å²) in [6.45, 7) is 6.91. The van der Waals surface area contributed by atoms with Crippen LogP contribution in [-0.4, -0.2) is 32.1 Å². The summed E-state index contributed by atoms with van der Waals surface area (Å²) in [7, 11) is -3.71. The Kier molecular flexibility index (Phi) is 5.47. The van der Waals surface area contributed by atoms with Crippen LogP contribution in [0.2, 0.25) is 0 Å². The van der Waals surface area contributed by atoms with Crippen molar-refractivity contribution in [2.45, 2.75) is 38.6 Å². The molecule has 0 spiro atoms. The molecule has 1 aromatic carbocycles. The summed E-state index contributed by atoms with van der Waals surface area (Å²) in [5.74, 6) is -0.224. The van der Waals surface area contributed by atoms with E-state index in [-0.39, 0.29) is 16.6 Å². The number of aliphatic imine (C=N–C) groups is 1. The maximum absolute atomic E-state index is 12.6. The number of aryl methyl sites for hydroxylation is 2. The van der Waals surface area contributed by atoms with E-state index in [1.165, 1.54) is 6.07 Å². The summed E-state index contributed by atoms with van der Waals surface area (Å²) in [4.78, 5) is 29.3. The Morgan fingerprint density at radius 3 is 2.45 bits per heavy atom. The normalized spacial score (nSPS) is 16.9. The number of carbonyl (C=O) groups is 2. The topological polar surface area (TPSA) is 130 Å². The molecule has 0 saturated heterocycles. The van der Waals surface area contributed by atoms with Crippen molar-refractivity contribution < 1.29 is 22.4 Å². The fraction of sp³-hybridized carbons (Fsp3) is 0.316. The highest BCUT2D eigenvalue weighted by molar-refractivity contribution is 7.90. The van der Waals surface area contributed by atoms with Crippen LogP contribution in [0.25, 0.3) is 0 Å². The second-order valence-electron chi connectivity index (χ2n) is 7.04. The highest BCUT2D eigenvalue weighted by Gasteiger charge is 2.32. The van der Waals surface area contributed by atoms with Crippen LogP contribution in [0.4, 0.5) is 0 Å². The Balaban J connectivity index is 1.78. The number of fused-ring (bicyclic) bond motifs is 1. The number of sulfonamides is 1. The van der Waals surface area contributed by atoms with Crippen LogP contribution in [-0.2, 0) is 14.8 Å². The van der Waals surface area contributed by atoms with Crippen LogP contribution in [0.3, 0.4) is 0 Å². The van der Waals surface area contributed by atoms with Crippen molar-refractivity contribution in [2.24, 2.45) is 10.9 Å². The van der Waals surface area contributed by atoms with Crippen molar-refractivity contribution in [2.75, 3.05) is 0 Å². The van der Waals surface area contributed by atoms with Gasteiger partial charge in [-0.2, -0.15) is 0 Å². The number of rotatable bonds is 4. The predicted molar refractivity (Wildman–Crippen MR) is 106 cm³/mol. The third kappa shape index (κ3) is 4.16. The Labute approximate surface area is 168 Å². The highest BCUT2D eigenvalue weighted by Crippen LogP contribution is 2.23. The van der Waals surface area contributed by atoms with Crippen molar-refractivity contribution in [3.05, 3.63) is 53.0 Å². The van der Waals surface area contributed by atoms with Crippen molar-refractivity contribution in [3.8, 4) is 0 Å². The first-order valence-corrected chi connectivity index (χ1v) is 10.5. The Hall–Kier alpha value is -3.14. The number of nitrogens with zero attached hydrogens (tertiary/aromatic N) is 1. The Bertz CT molecular complexity index is 1100. The maximum Gasteiger partial charge on any atom is 0.273 e. The van der Waals surface area contributed by atoms with Gasteiger partial charge in [0, 0.05) is 5.56 Å². The molecule has 0 radical (unpaired) electrons. The van der Waals surface area contributed by atoms with E-state index in [0.717, 1.165) is 0 Å². The van der Waals surface area contributed by atoms with E-state index in [9.17, 15) is 18.0 Å². The first kappa shape index (κ1) is 20.6. The van der Waals surface area contributed by atoms with E-state index in [2.05, 4.69) is 20.6 Å². The fourth-order valence-corrected chi connectivity index (χ4v) is 4.23. The second kappa shape index (κ2) is 7.70. The van der Waals surface area contributed by atoms with Gasteiger partial charge < -0.3 is 4.42 Å². The molecule has 1 aliphatic heterocycles. The number of nitrogens with one attached hydrogen (secondary N) is 3. The van der Waals surface area contributed by atoms with Crippen molar-refractivity contribution in [1.82, 2.24) is 15.6 Å². The average molecular weight is 418 g/mol. The molecule has 0 bridgehead atoms. The smallest absolute Gasteiger partial charge is 0.273 e. The molecule has 0 aliphatic carbocycles. The van der Waals surface area contributed by atoms with E-state index >= 15 is 0 Å². The molecule has 3 rings (SSSR count). The zero-order valence-corrected chi connectivity index (χ0v) is 17.3. The predicted octanol–water partition coefficient (Wildman–Crippen LogP) is 1.42. The van der Waals surface area contributed by atoms with Crippen LogP contribution in [0.5, 0.6) is 0 Å². The van der Waals surface area contributed by atoms with Crippen LogP contribution in [0.15, 0.2) is 44.6 Å². The average Bonchev–Trinajstić information content (AvgIpc) is 3.13. The molecule has 154 valence electrons. The molecular formula is C19H22N4O5S. The minimum Gasteiger partial charge on any atom is -0.466 e. The SMILES string of the molecule is Cc1cc(C(=O)NNC(=O)[C@@H](N=C2NS(=O)(=O)c3ccccc32)C(C)C)c(C)o1. The van der Waals surface area contributed by atoms with Gasteiger partial charge in [-0.3, -0.25) is 30.2 Å². The molecule has 3 N–H and O–H groups in total. The van der Waals surface area contributed by atoms with Gasteiger partial charge in [-0.1, -0.05) is 26.0 Å². The number of hydrogen-bond donors (Lipinski definition) is 3. The van der Waals surface area contributed by atoms with E-state index in [1.54, 1.807) is 52.0 Å². The van der Waals surface area contributed by atoms with Crippen molar-refractivity contribution >= 4 is 27.7 Å². The first-order chi connectivity index (χ1) is 13.6. The lowest BCUT2D eigenvalue weighted by Gasteiger charge is -2.17. The molecule has 1 aromatic heterocycles. The van der Waals surface area contributed by atoms with Crippen molar-refractivity contribution in [3.63, 3.8) is 0 Å². The summed E-state index contributed by atoms with van der Waals surface area (Å²) in [5, 5.41) is 0. The molecule has 2 heterocycles.